The number of nitrogens with zero attached hydrogens (tertiary/aromatic N) is 6. The first-order valence-corrected chi connectivity index (χ1v) is 4.54. The molecule has 2 rings (SSSR count). The van der Waals surface area contributed by atoms with Crippen molar-refractivity contribution in [2.45, 2.75) is 6.92 Å². The Bertz CT molecular complexity index is 455. The van der Waals surface area contributed by atoms with Crippen molar-refractivity contribution in [3.63, 3.8) is 0 Å². The molecule has 0 aliphatic rings. The predicted molar refractivity (Wildman–Crippen MR) is 53.7 cm³/mol. The van der Waals surface area contributed by atoms with Crippen molar-refractivity contribution < 1.29 is 4.74 Å². The lowest BCUT2D eigenvalue weighted by molar-refractivity contribution is 0.311. The van der Waals surface area contributed by atoms with Crippen LogP contribution < -0.4 is 16.0 Å². The van der Waals surface area contributed by atoms with Gasteiger partial charge in [-0.15, -0.1) is 0 Å². The summed E-state index contributed by atoms with van der Waals surface area (Å²) in [4.78, 5) is 15.7. The zero-order valence-electron chi connectivity index (χ0n) is 8.53. The average Bonchev–Trinajstić information content (AvgIpc) is 2.82. The van der Waals surface area contributed by atoms with Crippen molar-refractivity contribution in [2.24, 2.45) is 5.84 Å². The first kappa shape index (κ1) is 10.2. The molecule has 0 fully saturated rings. The molecule has 9 nitrogen and oxygen atoms in total. The lowest BCUT2D eigenvalue weighted by Gasteiger charge is -2.05. The molecule has 0 aliphatic carbocycles. The number of hydrogen-bond acceptors (Lipinski definition) is 8. The van der Waals surface area contributed by atoms with E-state index in [-0.39, 0.29) is 17.9 Å². The molecule has 2 aromatic heterocycles. The van der Waals surface area contributed by atoms with Gasteiger partial charge in [-0.2, -0.15) is 24.7 Å². The number of anilines is 1. The quantitative estimate of drug-likeness (QED) is 0.506. The normalized spacial score (nSPS) is 10.1. The maximum absolute atomic E-state index is 5.23. The fraction of sp³-hybridized carbons (Fsp3) is 0.286. The molecule has 0 spiro atoms. The molecule has 16 heavy (non-hydrogen) atoms. The summed E-state index contributed by atoms with van der Waals surface area (Å²) in [6.45, 7) is 2.28. The molecule has 0 saturated heterocycles. The number of nitrogens with two attached hydrogens (primary N) is 1. The summed E-state index contributed by atoms with van der Waals surface area (Å²) in [6, 6.07) is 0.177. The van der Waals surface area contributed by atoms with Gasteiger partial charge in [-0.3, -0.25) is 5.43 Å². The van der Waals surface area contributed by atoms with Crippen LogP contribution in [-0.4, -0.2) is 36.3 Å². The van der Waals surface area contributed by atoms with Gasteiger partial charge in [0.25, 0.3) is 5.95 Å². The molecule has 2 heterocycles. The topological polar surface area (TPSA) is 117 Å². The Kier molecular flexibility index (Phi) is 2.87. The Hall–Kier alpha value is -2.29. The zero-order valence-corrected chi connectivity index (χ0v) is 8.53. The second-order valence-corrected chi connectivity index (χ2v) is 2.66. The first-order chi connectivity index (χ1) is 7.83. The summed E-state index contributed by atoms with van der Waals surface area (Å²) in [5, 5.41) is 3.89. The summed E-state index contributed by atoms with van der Waals surface area (Å²) >= 11 is 0. The summed E-state index contributed by atoms with van der Waals surface area (Å²) in [6.07, 6.45) is 2.84. The predicted octanol–water partition coefficient (Wildman–Crippen LogP) is -0.863. The minimum Gasteiger partial charge on any atom is -0.464 e. The van der Waals surface area contributed by atoms with Crippen LogP contribution in [0.25, 0.3) is 5.95 Å². The largest absolute Gasteiger partial charge is 0.464 e. The van der Waals surface area contributed by atoms with E-state index in [1.165, 1.54) is 17.3 Å². The van der Waals surface area contributed by atoms with Crippen LogP contribution >= 0.6 is 0 Å². The van der Waals surface area contributed by atoms with Crippen molar-refractivity contribution in [1.29, 1.82) is 0 Å². The maximum atomic E-state index is 5.23. The SMILES string of the molecule is CCOc1nc(NN)nc(-n2cncn2)n1. The van der Waals surface area contributed by atoms with E-state index in [9.17, 15) is 0 Å². The molecular weight excluding hydrogens is 212 g/mol. The third-order valence-corrected chi connectivity index (χ3v) is 1.63. The zero-order chi connectivity index (χ0) is 11.4. The Morgan fingerprint density at radius 3 is 2.94 bits per heavy atom. The Morgan fingerprint density at radius 2 is 2.31 bits per heavy atom. The average molecular weight is 222 g/mol. The van der Waals surface area contributed by atoms with Crippen LogP contribution in [0.5, 0.6) is 6.01 Å². The van der Waals surface area contributed by atoms with Gasteiger partial charge in [0.05, 0.1) is 6.61 Å². The summed E-state index contributed by atoms with van der Waals surface area (Å²) < 4.78 is 6.55. The fourth-order valence-corrected chi connectivity index (χ4v) is 1.02. The van der Waals surface area contributed by atoms with Crippen LogP contribution in [0.1, 0.15) is 6.92 Å². The molecule has 0 bridgehead atoms. The van der Waals surface area contributed by atoms with E-state index in [2.05, 4.69) is 30.5 Å². The summed E-state index contributed by atoms with van der Waals surface area (Å²) in [5.41, 5.74) is 2.32. The Morgan fingerprint density at radius 1 is 1.44 bits per heavy atom. The molecule has 0 saturated carbocycles. The lowest BCUT2D eigenvalue weighted by Crippen LogP contribution is -2.14. The highest BCUT2D eigenvalue weighted by molar-refractivity contribution is 5.27. The number of nitrogen functional groups attached to an aromatic ring is 1. The number of hydrazine groups is 1. The van der Waals surface area contributed by atoms with E-state index in [0.717, 1.165) is 0 Å². The molecule has 0 unspecified atom stereocenters. The van der Waals surface area contributed by atoms with Crippen LogP contribution in [0.2, 0.25) is 0 Å². The van der Waals surface area contributed by atoms with E-state index in [1.54, 1.807) is 0 Å². The van der Waals surface area contributed by atoms with Gasteiger partial charge >= 0.3 is 6.01 Å². The molecular formula is C7H10N8O. The molecule has 84 valence electrons. The van der Waals surface area contributed by atoms with Crippen LogP contribution in [0.4, 0.5) is 5.95 Å². The number of aromatic nitrogens is 6. The van der Waals surface area contributed by atoms with E-state index < -0.39 is 0 Å². The van der Waals surface area contributed by atoms with Gasteiger partial charge in [0.15, 0.2) is 0 Å². The first-order valence-electron chi connectivity index (χ1n) is 4.54. The van der Waals surface area contributed by atoms with Crippen LogP contribution in [-0.2, 0) is 0 Å². The molecule has 0 aromatic carbocycles. The van der Waals surface area contributed by atoms with Crippen molar-refractivity contribution in [3.05, 3.63) is 12.7 Å². The molecule has 0 radical (unpaired) electrons. The van der Waals surface area contributed by atoms with Gasteiger partial charge < -0.3 is 4.74 Å². The molecule has 0 aliphatic heterocycles. The second-order valence-electron chi connectivity index (χ2n) is 2.66. The number of ether oxygens (including phenoxy) is 1. The van der Waals surface area contributed by atoms with Crippen LogP contribution in [0.15, 0.2) is 12.7 Å². The van der Waals surface area contributed by atoms with Crippen molar-refractivity contribution in [2.75, 3.05) is 12.0 Å². The van der Waals surface area contributed by atoms with Gasteiger partial charge in [-0.1, -0.05) is 0 Å². The Labute approximate surface area is 90.7 Å². The number of rotatable bonds is 4. The van der Waals surface area contributed by atoms with E-state index in [4.69, 9.17) is 10.6 Å². The molecule has 0 amide bonds. The van der Waals surface area contributed by atoms with E-state index >= 15 is 0 Å². The van der Waals surface area contributed by atoms with Crippen LogP contribution in [0, 0.1) is 0 Å². The van der Waals surface area contributed by atoms with Gasteiger partial charge in [-0.05, 0) is 6.92 Å². The summed E-state index contributed by atoms with van der Waals surface area (Å²) in [7, 11) is 0. The fourth-order valence-electron chi connectivity index (χ4n) is 1.02. The van der Waals surface area contributed by atoms with Gasteiger partial charge in [0, 0.05) is 0 Å². The highest BCUT2D eigenvalue weighted by atomic mass is 16.5. The Balaban J connectivity index is 2.41. The van der Waals surface area contributed by atoms with Crippen molar-refractivity contribution in [3.8, 4) is 12.0 Å². The van der Waals surface area contributed by atoms with Gasteiger partial charge in [-0.25, -0.2) is 10.8 Å². The van der Waals surface area contributed by atoms with E-state index in [1.807, 2.05) is 6.92 Å². The minimum atomic E-state index is 0.177. The van der Waals surface area contributed by atoms with Crippen molar-refractivity contribution >= 4 is 5.95 Å². The third kappa shape index (κ3) is 2.03. The summed E-state index contributed by atoms with van der Waals surface area (Å²) in [5.74, 6) is 5.71. The molecule has 9 heteroatoms. The smallest absolute Gasteiger partial charge is 0.323 e. The monoisotopic (exact) mass is 222 g/mol. The van der Waals surface area contributed by atoms with Crippen LogP contribution in [0.3, 0.4) is 0 Å². The van der Waals surface area contributed by atoms with E-state index in [0.29, 0.717) is 6.61 Å². The van der Waals surface area contributed by atoms with Crippen molar-refractivity contribution in [1.82, 2.24) is 29.7 Å². The minimum absolute atomic E-state index is 0.177. The maximum Gasteiger partial charge on any atom is 0.323 e. The second kappa shape index (κ2) is 4.49. The highest BCUT2D eigenvalue weighted by Crippen LogP contribution is 2.08. The molecule has 2 aromatic rings. The van der Waals surface area contributed by atoms with Gasteiger partial charge in [0.2, 0.25) is 5.95 Å². The lowest BCUT2D eigenvalue weighted by atomic mass is 10.8. The number of nitrogens with one attached hydrogen (secondary N) is 1. The third-order valence-electron chi connectivity index (χ3n) is 1.63. The number of hydrogen-bond donors (Lipinski definition) is 2. The molecule has 3 N–H and O–H groups in total. The highest BCUT2D eigenvalue weighted by Gasteiger charge is 2.08. The van der Waals surface area contributed by atoms with Gasteiger partial charge in [0.1, 0.15) is 12.7 Å². The standard InChI is InChI=1S/C7H10N8O/c1-2-16-7-12-5(14-8)11-6(13-7)15-4-9-3-10-15/h3-4H,2,8H2,1H3,(H,11,12,13,14). The molecule has 0 atom stereocenters.